The molecule has 1 aromatic carbocycles. The lowest BCUT2D eigenvalue weighted by Crippen LogP contribution is -2.11. The first kappa shape index (κ1) is 10.5. The van der Waals surface area contributed by atoms with Crippen LogP contribution in [0.1, 0.15) is 16.1 Å². The minimum Gasteiger partial charge on any atom is -0.364 e. The SMILES string of the molecule is Cc1c(Cl)ccc2[nH]c(C(N)=O)c(Br)c12. The highest BCUT2D eigenvalue weighted by molar-refractivity contribution is 9.10. The third-order valence-corrected chi connectivity index (χ3v) is 3.55. The van der Waals surface area contributed by atoms with E-state index >= 15 is 0 Å². The van der Waals surface area contributed by atoms with Crippen LogP contribution < -0.4 is 5.73 Å². The Morgan fingerprint density at radius 1 is 1.53 bits per heavy atom. The molecule has 0 aliphatic carbocycles. The van der Waals surface area contributed by atoms with Gasteiger partial charge in [0.05, 0.1) is 4.47 Å². The van der Waals surface area contributed by atoms with E-state index in [1.54, 1.807) is 6.07 Å². The monoisotopic (exact) mass is 286 g/mol. The molecule has 1 aromatic heterocycles. The van der Waals surface area contributed by atoms with Gasteiger partial charge in [-0.25, -0.2) is 0 Å². The van der Waals surface area contributed by atoms with Gasteiger partial charge in [0, 0.05) is 15.9 Å². The van der Waals surface area contributed by atoms with Crippen LogP contribution in [0.3, 0.4) is 0 Å². The Morgan fingerprint density at radius 2 is 2.20 bits per heavy atom. The number of rotatable bonds is 1. The van der Waals surface area contributed by atoms with Crippen LogP contribution in [0.5, 0.6) is 0 Å². The third-order valence-electron chi connectivity index (χ3n) is 2.34. The number of amides is 1. The molecule has 1 amide bonds. The molecular weight excluding hydrogens is 279 g/mol. The predicted molar refractivity (Wildman–Crippen MR) is 64.3 cm³/mol. The van der Waals surface area contributed by atoms with E-state index in [-0.39, 0.29) is 0 Å². The molecule has 0 aliphatic rings. The summed E-state index contributed by atoms with van der Waals surface area (Å²) in [4.78, 5) is 14.1. The number of hydrogen-bond acceptors (Lipinski definition) is 1. The van der Waals surface area contributed by atoms with E-state index in [0.29, 0.717) is 15.2 Å². The van der Waals surface area contributed by atoms with E-state index in [0.717, 1.165) is 16.5 Å². The molecule has 1 heterocycles. The second kappa shape index (κ2) is 3.54. The maximum atomic E-state index is 11.1. The lowest BCUT2D eigenvalue weighted by atomic mass is 10.1. The summed E-state index contributed by atoms with van der Waals surface area (Å²) in [6.45, 7) is 1.90. The number of primary amides is 1. The van der Waals surface area contributed by atoms with Gasteiger partial charge in [-0.3, -0.25) is 4.79 Å². The van der Waals surface area contributed by atoms with Gasteiger partial charge in [0.15, 0.2) is 0 Å². The van der Waals surface area contributed by atoms with Gasteiger partial charge < -0.3 is 10.7 Å². The minimum atomic E-state index is -0.492. The lowest BCUT2D eigenvalue weighted by Gasteiger charge is -1.99. The highest BCUT2D eigenvalue weighted by Gasteiger charge is 2.15. The van der Waals surface area contributed by atoms with Gasteiger partial charge in [-0.05, 0) is 40.5 Å². The Hall–Kier alpha value is -1.00. The van der Waals surface area contributed by atoms with Crippen LogP contribution >= 0.6 is 27.5 Å². The van der Waals surface area contributed by atoms with Crippen LogP contribution in [-0.4, -0.2) is 10.9 Å². The summed E-state index contributed by atoms with van der Waals surface area (Å²) in [5.74, 6) is -0.492. The summed E-state index contributed by atoms with van der Waals surface area (Å²) < 4.78 is 0.671. The summed E-state index contributed by atoms with van der Waals surface area (Å²) in [5.41, 5.74) is 7.37. The normalized spacial score (nSPS) is 10.9. The molecule has 2 rings (SSSR count). The van der Waals surface area contributed by atoms with E-state index in [1.807, 2.05) is 13.0 Å². The molecule has 0 saturated heterocycles. The number of carbonyl (C=O) groups excluding carboxylic acids is 1. The zero-order chi connectivity index (χ0) is 11.2. The predicted octanol–water partition coefficient (Wildman–Crippen LogP) is 2.99. The molecule has 2 aromatic rings. The smallest absolute Gasteiger partial charge is 0.266 e. The first-order valence-corrected chi connectivity index (χ1v) is 5.45. The largest absolute Gasteiger partial charge is 0.364 e. The molecule has 3 N–H and O–H groups in total. The molecule has 0 spiro atoms. The fourth-order valence-corrected chi connectivity index (χ4v) is 2.52. The first-order valence-electron chi connectivity index (χ1n) is 4.28. The van der Waals surface area contributed by atoms with Gasteiger partial charge in [-0.15, -0.1) is 0 Å². The van der Waals surface area contributed by atoms with Crippen molar-refractivity contribution in [3.63, 3.8) is 0 Å². The fraction of sp³-hybridized carbons (Fsp3) is 0.100. The van der Waals surface area contributed by atoms with E-state index in [9.17, 15) is 4.79 Å². The molecule has 78 valence electrons. The number of nitrogens with one attached hydrogen (secondary N) is 1. The molecule has 0 fully saturated rings. The van der Waals surface area contributed by atoms with Crippen LogP contribution in [0.2, 0.25) is 5.02 Å². The van der Waals surface area contributed by atoms with Gasteiger partial charge in [-0.2, -0.15) is 0 Å². The Labute approximate surface area is 99.7 Å². The maximum Gasteiger partial charge on any atom is 0.266 e. The number of aromatic nitrogens is 1. The highest BCUT2D eigenvalue weighted by Crippen LogP contribution is 2.33. The van der Waals surface area contributed by atoms with Crippen molar-refractivity contribution in [2.24, 2.45) is 5.73 Å². The zero-order valence-corrected chi connectivity index (χ0v) is 10.2. The number of hydrogen-bond donors (Lipinski definition) is 2. The number of aromatic amines is 1. The van der Waals surface area contributed by atoms with Crippen molar-refractivity contribution in [3.8, 4) is 0 Å². The zero-order valence-electron chi connectivity index (χ0n) is 7.90. The minimum absolute atomic E-state index is 0.371. The van der Waals surface area contributed by atoms with Crippen molar-refractivity contribution in [1.29, 1.82) is 0 Å². The van der Waals surface area contributed by atoms with Crippen molar-refractivity contribution in [3.05, 3.63) is 32.9 Å². The van der Waals surface area contributed by atoms with Crippen molar-refractivity contribution in [1.82, 2.24) is 4.98 Å². The van der Waals surface area contributed by atoms with Crippen molar-refractivity contribution in [2.45, 2.75) is 6.92 Å². The molecule has 5 heteroatoms. The van der Waals surface area contributed by atoms with Crippen molar-refractivity contribution in [2.75, 3.05) is 0 Å². The summed E-state index contributed by atoms with van der Waals surface area (Å²) in [6.07, 6.45) is 0. The average molecular weight is 288 g/mol. The second-order valence-electron chi connectivity index (χ2n) is 3.27. The summed E-state index contributed by atoms with van der Waals surface area (Å²) in [5, 5.41) is 1.56. The quantitative estimate of drug-likeness (QED) is 0.832. The van der Waals surface area contributed by atoms with Crippen LogP contribution in [0.4, 0.5) is 0 Å². The Morgan fingerprint density at radius 3 is 2.80 bits per heavy atom. The van der Waals surface area contributed by atoms with Gasteiger partial charge in [-0.1, -0.05) is 11.6 Å². The van der Waals surface area contributed by atoms with Gasteiger partial charge in [0.1, 0.15) is 5.69 Å². The van der Waals surface area contributed by atoms with Crippen molar-refractivity contribution < 1.29 is 4.79 Å². The molecule has 3 nitrogen and oxygen atoms in total. The highest BCUT2D eigenvalue weighted by atomic mass is 79.9. The van der Waals surface area contributed by atoms with E-state index in [2.05, 4.69) is 20.9 Å². The van der Waals surface area contributed by atoms with Crippen molar-refractivity contribution >= 4 is 44.3 Å². The number of H-pyrrole nitrogens is 1. The van der Waals surface area contributed by atoms with Crippen LogP contribution in [0.25, 0.3) is 10.9 Å². The second-order valence-corrected chi connectivity index (χ2v) is 4.47. The van der Waals surface area contributed by atoms with E-state index in [4.69, 9.17) is 17.3 Å². The number of halogens is 2. The van der Waals surface area contributed by atoms with E-state index < -0.39 is 5.91 Å². The van der Waals surface area contributed by atoms with Crippen LogP contribution in [0, 0.1) is 6.92 Å². The molecule has 15 heavy (non-hydrogen) atoms. The number of aryl methyl sites for hydroxylation is 1. The number of carbonyl (C=O) groups is 1. The molecular formula is C10H8BrClN2O. The van der Waals surface area contributed by atoms with Gasteiger partial charge in [0.2, 0.25) is 0 Å². The first-order chi connectivity index (χ1) is 7.02. The summed E-state index contributed by atoms with van der Waals surface area (Å²) >= 11 is 9.34. The number of benzene rings is 1. The molecule has 0 saturated carbocycles. The molecule has 0 radical (unpaired) electrons. The maximum absolute atomic E-state index is 11.1. The molecule has 0 atom stereocenters. The standard InChI is InChI=1S/C10H8BrClN2O/c1-4-5(12)2-3-6-7(4)8(11)9(14-6)10(13)15/h2-3,14H,1H3,(H2,13,15). The summed E-state index contributed by atoms with van der Waals surface area (Å²) in [7, 11) is 0. The molecule has 0 aliphatic heterocycles. The number of fused-ring (bicyclic) bond motifs is 1. The summed E-state index contributed by atoms with van der Waals surface area (Å²) in [6, 6.07) is 3.61. The topological polar surface area (TPSA) is 58.9 Å². The third kappa shape index (κ3) is 1.54. The molecule has 0 bridgehead atoms. The average Bonchev–Trinajstić information content (AvgIpc) is 2.50. The fourth-order valence-electron chi connectivity index (χ4n) is 1.56. The Balaban J connectivity index is 2.89. The van der Waals surface area contributed by atoms with Gasteiger partial charge in [0.25, 0.3) is 5.91 Å². The van der Waals surface area contributed by atoms with E-state index in [1.165, 1.54) is 0 Å². The van der Waals surface area contributed by atoms with Crippen LogP contribution in [0.15, 0.2) is 16.6 Å². The van der Waals surface area contributed by atoms with Gasteiger partial charge >= 0.3 is 0 Å². The Kier molecular flexibility index (Phi) is 2.48. The Bertz CT molecular complexity index is 562. The number of nitrogens with two attached hydrogens (primary N) is 1. The van der Waals surface area contributed by atoms with Crippen LogP contribution in [-0.2, 0) is 0 Å². The molecule has 0 unspecified atom stereocenters. The lowest BCUT2D eigenvalue weighted by molar-refractivity contribution is 0.0995.